The predicted octanol–water partition coefficient (Wildman–Crippen LogP) is 3.65. The smallest absolute Gasteiger partial charge is 0.387 e. The fourth-order valence-corrected chi connectivity index (χ4v) is 2.21. The van der Waals surface area contributed by atoms with E-state index in [1.54, 1.807) is 18.2 Å². The second kappa shape index (κ2) is 9.74. The lowest BCUT2D eigenvalue weighted by Gasteiger charge is -2.12. The maximum absolute atomic E-state index is 12.5. The first-order chi connectivity index (χ1) is 12.5. The highest BCUT2D eigenvalue weighted by atomic mass is 19.3. The molecule has 1 aromatic heterocycles. The summed E-state index contributed by atoms with van der Waals surface area (Å²) >= 11 is 0. The van der Waals surface area contributed by atoms with Crippen LogP contribution >= 0.6 is 0 Å². The molecule has 142 valence electrons. The molecule has 6 nitrogen and oxygen atoms in total. The number of para-hydroxylation sites is 1. The van der Waals surface area contributed by atoms with Gasteiger partial charge in [-0.15, -0.1) is 0 Å². The Morgan fingerprint density at radius 2 is 2.04 bits per heavy atom. The van der Waals surface area contributed by atoms with Gasteiger partial charge in [-0.3, -0.25) is 0 Å². The maximum atomic E-state index is 12.5. The molecule has 0 aliphatic rings. The number of hydrogen-bond acceptors (Lipinski definition) is 4. The van der Waals surface area contributed by atoms with Crippen molar-refractivity contribution in [1.82, 2.24) is 15.8 Å². The number of aliphatic imine (C=N–C) groups is 1. The van der Waals surface area contributed by atoms with E-state index in [-0.39, 0.29) is 12.3 Å². The van der Waals surface area contributed by atoms with E-state index in [1.807, 2.05) is 26.8 Å². The van der Waals surface area contributed by atoms with Gasteiger partial charge >= 0.3 is 6.61 Å². The lowest BCUT2D eigenvalue weighted by molar-refractivity contribution is -0.0504. The zero-order chi connectivity index (χ0) is 18.9. The number of alkyl halides is 2. The summed E-state index contributed by atoms with van der Waals surface area (Å²) < 4.78 is 34.8. The first-order valence-corrected chi connectivity index (χ1v) is 8.50. The van der Waals surface area contributed by atoms with Gasteiger partial charge in [-0.05, 0) is 18.9 Å². The SMILES string of the molecule is CCNC(=NCc1ccccc1OC(F)F)NCc1cc(C(C)C)no1. The molecule has 8 heteroatoms. The summed E-state index contributed by atoms with van der Waals surface area (Å²) in [6.45, 7) is 4.43. The Morgan fingerprint density at radius 3 is 2.69 bits per heavy atom. The Bertz CT molecular complexity index is 717. The van der Waals surface area contributed by atoms with Gasteiger partial charge in [-0.2, -0.15) is 8.78 Å². The van der Waals surface area contributed by atoms with Crippen molar-refractivity contribution in [1.29, 1.82) is 0 Å². The van der Waals surface area contributed by atoms with Crippen LogP contribution in [0.15, 0.2) is 39.8 Å². The van der Waals surface area contributed by atoms with Gasteiger partial charge in [0.05, 0.1) is 18.8 Å². The average Bonchev–Trinajstić information content (AvgIpc) is 3.07. The second-order valence-corrected chi connectivity index (χ2v) is 5.91. The average molecular weight is 366 g/mol. The zero-order valence-electron chi connectivity index (χ0n) is 15.1. The van der Waals surface area contributed by atoms with Crippen molar-refractivity contribution in [3.05, 3.63) is 47.3 Å². The molecule has 0 atom stereocenters. The van der Waals surface area contributed by atoms with Crippen LogP contribution in [0.4, 0.5) is 8.78 Å². The maximum Gasteiger partial charge on any atom is 0.387 e. The molecular formula is C18H24F2N4O2. The van der Waals surface area contributed by atoms with Crippen LogP contribution in [-0.4, -0.2) is 24.3 Å². The van der Waals surface area contributed by atoms with E-state index in [0.29, 0.717) is 36.3 Å². The van der Waals surface area contributed by atoms with Crippen LogP contribution in [0.1, 0.15) is 43.7 Å². The minimum absolute atomic E-state index is 0.124. The predicted molar refractivity (Wildman–Crippen MR) is 95.3 cm³/mol. The number of rotatable bonds is 8. The van der Waals surface area contributed by atoms with E-state index in [2.05, 4.69) is 25.5 Å². The van der Waals surface area contributed by atoms with Crippen molar-refractivity contribution in [3.63, 3.8) is 0 Å². The molecule has 2 N–H and O–H groups in total. The highest BCUT2D eigenvalue weighted by molar-refractivity contribution is 5.79. The van der Waals surface area contributed by atoms with E-state index in [1.165, 1.54) is 6.07 Å². The molecule has 2 aromatic rings. The summed E-state index contributed by atoms with van der Waals surface area (Å²) in [5.41, 5.74) is 1.47. The Labute approximate surface area is 151 Å². The highest BCUT2D eigenvalue weighted by Gasteiger charge is 2.10. The van der Waals surface area contributed by atoms with Crippen molar-refractivity contribution in [2.45, 2.75) is 46.4 Å². The molecule has 0 unspecified atom stereocenters. The number of nitrogens with one attached hydrogen (secondary N) is 2. The van der Waals surface area contributed by atoms with Crippen LogP contribution in [0.3, 0.4) is 0 Å². The molecule has 0 spiro atoms. The summed E-state index contributed by atoms with van der Waals surface area (Å²) in [6.07, 6.45) is 0. The van der Waals surface area contributed by atoms with Crippen LogP contribution in [0.2, 0.25) is 0 Å². The van der Waals surface area contributed by atoms with Crippen LogP contribution in [0.25, 0.3) is 0 Å². The summed E-state index contributed by atoms with van der Waals surface area (Å²) in [4.78, 5) is 4.42. The molecule has 0 radical (unpaired) electrons. The molecule has 2 rings (SSSR count). The van der Waals surface area contributed by atoms with Crippen LogP contribution in [0.5, 0.6) is 5.75 Å². The molecule has 0 fully saturated rings. The van der Waals surface area contributed by atoms with Crippen molar-refractivity contribution >= 4 is 5.96 Å². The monoisotopic (exact) mass is 366 g/mol. The zero-order valence-corrected chi connectivity index (χ0v) is 15.1. The van der Waals surface area contributed by atoms with E-state index >= 15 is 0 Å². The molecule has 0 saturated carbocycles. The van der Waals surface area contributed by atoms with E-state index in [0.717, 1.165) is 5.69 Å². The third kappa shape index (κ3) is 6.02. The number of guanidine groups is 1. The van der Waals surface area contributed by atoms with E-state index < -0.39 is 6.61 Å². The highest BCUT2D eigenvalue weighted by Crippen LogP contribution is 2.21. The molecule has 26 heavy (non-hydrogen) atoms. The molecule has 0 aliphatic heterocycles. The molecule has 0 amide bonds. The van der Waals surface area contributed by atoms with Gasteiger partial charge in [0.15, 0.2) is 11.7 Å². The number of nitrogens with zero attached hydrogens (tertiary/aromatic N) is 2. The largest absolute Gasteiger partial charge is 0.434 e. The second-order valence-electron chi connectivity index (χ2n) is 5.91. The Morgan fingerprint density at radius 1 is 1.27 bits per heavy atom. The quantitative estimate of drug-likeness (QED) is 0.551. The van der Waals surface area contributed by atoms with Gasteiger partial charge in [0.1, 0.15) is 5.75 Å². The molecule has 0 bridgehead atoms. The van der Waals surface area contributed by atoms with Crippen molar-refractivity contribution in [2.24, 2.45) is 4.99 Å². The van der Waals surface area contributed by atoms with Crippen molar-refractivity contribution in [3.8, 4) is 5.75 Å². The summed E-state index contributed by atoms with van der Waals surface area (Å²) in [5.74, 6) is 1.65. The fraction of sp³-hybridized carbons (Fsp3) is 0.444. The van der Waals surface area contributed by atoms with Crippen molar-refractivity contribution in [2.75, 3.05) is 6.54 Å². The summed E-state index contributed by atoms with van der Waals surface area (Å²) in [6, 6.07) is 8.50. The normalized spacial score (nSPS) is 11.9. The summed E-state index contributed by atoms with van der Waals surface area (Å²) in [7, 11) is 0. The minimum Gasteiger partial charge on any atom is -0.434 e. The standard InChI is InChI=1S/C18H24F2N4O2/c1-4-21-18(23-11-14-9-15(12(2)3)24-26-14)22-10-13-7-5-6-8-16(13)25-17(19)20/h5-9,12,17H,4,10-11H2,1-3H3,(H2,21,22,23). The molecule has 0 saturated heterocycles. The van der Waals surface area contributed by atoms with Crippen LogP contribution in [0, 0.1) is 0 Å². The Balaban J connectivity index is 2.02. The molecular weight excluding hydrogens is 342 g/mol. The van der Waals surface area contributed by atoms with Gasteiger partial charge in [0, 0.05) is 18.2 Å². The lowest BCUT2D eigenvalue weighted by atomic mass is 10.1. The Kier molecular flexibility index (Phi) is 7.37. The van der Waals surface area contributed by atoms with Gasteiger partial charge in [0.2, 0.25) is 0 Å². The van der Waals surface area contributed by atoms with Crippen LogP contribution in [-0.2, 0) is 13.1 Å². The number of hydrogen-bond donors (Lipinski definition) is 2. The number of aromatic nitrogens is 1. The first kappa shape index (κ1) is 19.7. The van der Waals surface area contributed by atoms with Crippen molar-refractivity contribution < 1.29 is 18.0 Å². The molecule has 0 aliphatic carbocycles. The molecule has 1 heterocycles. The van der Waals surface area contributed by atoms with E-state index in [4.69, 9.17) is 4.52 Å². The number of halogens is 2. The molecule has 1 aromatic carbocycles. The fourth-order valence-electron chi connectivity index (χ4n) is 2.21. The number of benzene rings is 1. The Hall–Kier alpha value is -2.64. The van der Waals surface area contributed by atoms with Gasteiger partial charge in [-0.1, -0.05) is 37.2 Å². The third-order valence-corrected chi connectivity index (χ3v) is 3.54. The first-order valence-electron chi connectivity index (χ1n) is 8.50. The van der Waals surface area contributed by atoms with Gasteiger partial charge in [-0.25, -0.2) is 4.99 Å². The topological polar surface area (TPSA) is 71.7 Å². The third-order valence-electron chi connectivity index (χ3n) is 3.54. The van der Waals surface area contributed by atoms with E-state index in [9.17, 15) is 8.78 Å². The van der Waals surface area contributed by atoms with Crippen LogP contribution < -0.4 is 15.4 Å². The lowest BCUT2D eigenvalue weighted by Crippen LogP contribution is -2.36. The van der Waals surface area contributed by atoms with Gasteiger partial charge in [0.25, 0.3) is 0 Å². The number of ether oxygens (including phenoxy) is 1. The van der Waals surface area contributed by atoms with Gasteiger partial charge < -0.3 is 19.9 Å². The minimum atomic E-state index is -2.87. The summed E-state index contributed by atoms with van der Waals surface area (Å²) in [5, 5.41) is 10.2.